The second kappa shape index (κ2) is 2.90. The normalized spacial score (nSPS) is 24.9. The quantitative estimate of drug-likeness (QED) is 0.468. The van der Waals surface area contributed by atoms with Gasteiger partial charge in [0.15, 0.2) is 0 Å². The molecule has 1 aromatic carbocycles. The predicted molar refractivity (Wildman–Crippen MR) is 47.8 cm³/mol. The van der Waals surface area contributed by atoms with Crippen LogP contribution in [0.4, 0.5) is 0 Å². The summed E-state index contributed by atoms with van der Waals surface area (Å²) in [6.07, 6.45) is 0. The van der Waals surface area contributed by atoms with Crippen molar-refractivity contribution >= 4 is 13.6 Å². The molecule has 2 rings (SSSR count). The van der Waals surface area contributed by atoms with Crippen molar-refractivity contribution in [3.05, 3.63) is 35.4 Å². The van der Waals surface area contributed by atoms with Gasteiger partial charge in [0.1, 0.15) is 0 Å². The topological polar surface area (TPSA) is 104 Å². The van der Waals surface area contributed by atoms with Gasteiger partial charge in [-0.3, -0.25) is 4.57 Å². The minimum Gasteiger partial charge on any atom is -0.413 e. The van der Waals surface area contributed by atoms with Crippen LogP contribution in [0.5, 0.6) is 0 Å². The summed E-state index contributed by atoms with van der Waals surface area (Å²) in [4.78, 5) is 29.1. The minimum atomic E-state index is -4.98. The van der Waals surface area contributed by atoms with Gasteiger partial charge in [0.05, 0.1) is 11.1 Å². The molecule has 0 spiro atoms. The van der Waals surface area contributed by atoms with E-state index in [4.69, 9.17) is 9.79 Å². The summed E-state index contributed by atoms with van der Waals surface area (Å²) in [7, 11) is -4.98. The maximum Gasteiger partial charge on any atom is 0.402 e. The van der Waals surface area contributed by atoms with Crippen LogP contribution in [0.15, 0.2) is 24.3 Å². The molecule has 1 atom stereocenters. The molecule has 6 nitrogen and oxygen atoms in total. The lowest BCUT2D eigenvalue weighted by molar-refractivity contribution is -0.110. The summed E-state index contributed by atoms with van der Waals surface area (Å²) in [5, 5.41) is 9.64. The smallest absolute Gasteiger partial charge is 0.402 e. The number of esters is 1. The van der Waals surface area contributed by atoms with Crippen molar-refractivity contribution in [2.24, 2.45) is 0 Å². The van der Waals surface area contributed by atoms with Crippen LogP contribution in [0.1, 0.15) is 15.9 Å². The molecule has 15 heavy (non-hydrogen) atoms. The fourth-order valence-electron chi connectivity index (χ4n) is 1.40. The number of ether oxygens (including phenoxy) is 1. The average Bonchev–Trinajstić information content (AvgIpc) is 2.41. The van der Waals surface area contributed by atoms with Gasteiger partial charge < -0.3 is 19.6 Å². The van der Waals surface area contributed by atoms with Crippen molar-refractivity contribution in [1.82, 2.24) is 0 Å². The Bertz CT molecular complexity index is 478. The number of carbonyl (C=O) groups is 1. The summed E-state index contributed by atoms with van der Waals surface area (Å²) in [5.74, 6) is -0.948. The third-order valence-corrected chi connectivity index (χ3v) is 3.25. The summed E-state index contributed by atoms with van der Waals surface area (Å²) >= 11 is 0. The number of rotatable bonds is 1. The second-order valence-electron chi connectivity index (χ2n) is 3.09. The van der Waals surface area contributed by atoms with Crippen LogP contribution in [0.25, 0.3) is 0 Å². The van der Waals surface area contributed by atoms with Gasteiger partial charge >= 0.3 is 19.1 Å². The molecule has 1 unspecified atom stereocenters. The molecule has 0 saturated carbocycles. The Morgan fingerprint density at radius 2 is 1.87 bits per heavy atom. The number of hydrogen-bond acceptors (Lipinski definition) is 4. The van der Waals surface area contributed by atoms with E-state index in [0.29, 0.717) is 0 Å². The molecule has 0 radical (unpaired) electrons. The van der Waals surface area contributed by atoms with Crippen LogP contribution in [0, 0.1) is 0 Å². The highest BCUT2D eigenvalue weighted by Crippen LogP contribution is 2.59. The van der Waals surface area contributed by atoms with Crippen LogP contribution in [0.3, 0.4) is 0 Å². The highest BCUT2D eigenvalue weighted by Gasteiger charge is 2.57. The molecule has 0 aromatic heterocycles. The van der Waals surface area contributed by atoms with Crippen LogP contribution in [-0.2, 0) is 14.8 Å². The van der Waals surface area contributed by atoms with Gasteiger partial charge in [-0.05, 0) is 6.07 Å². The molecule has 1 aliphatic rings. The number of aliphatic hydroxyl groups is 1. The summed E-state index contributed by atoms with van der Waals surface area (Å²) in [6.45, 7) is 0. The van der Waals surface area contributed by atoms with Crippen molar-refractivity contribution in [3.8, 4) is 0 Å². The molecule has 0 saturated heterocycles. The average molecular weight is 230 g/mol. The van der Waals surface area contributed by atoms with Crippen molar-refractivity contribution in [3.63, 3.8) is 0 Å². The van der Waals surface area contributed by atoms with Gasteiger partial charge in [-0.25, -0.2) is 4.79 Å². The lowest BCUT2D eigenvalue weighted by Crippen LogP contribution is -2.25. The first-order valence-corrected chi connectivity index (χ1v) is 5.58. The second-order valence-corrected chi connectivity index (χ2v) is 4.78. The molecule has 80 valence electrons. The van der Waals surface area contributed by atoms with Crippen LogP contribution in [-0.4, -0.2) is 20.9 Å². The largest absolute Gasteiger partial charge is 0.413 e. The molecule has 1 aliphatic heterocycles. The van der Waals surface area contributed by atoms with E-state index in [9.17, 15) is 14.5 Å². The van der Waals surface area contributed by atoms with Crippen molar-refractivity contribution in [2.75, 3.05) is 0 Å². The van der Waals surface area contributed by atoms with Gasteiger partial charge in [-0.2, -0.15) is 0 Å². The van der Waals surface area contributed by atoms with E-state index in [0.717, 1.165) is 0 Å². The monoisotopic (exact) mass is 230 g/mol. The molecule has 1 heterocycles. The molecule has 1 aromatic rings. The van der Waals surface area contributed by atoms with E-state index in [2.05, 4.69) is 4.74 Å². The number of fused-ring (bicyclic) bond motifs is 1. The molecule has 0 bridgehead atoms. The van der Waals surface area contributed by atoms with E-state index in [1.54, 1.807) is 0 Å². The van der Waals surface area contributed by atoms with Crippen LogP contribution >= 0.6 is 7.60 Å². The highest BCUT2D eigenvalue weighted by molar-refractivity contribution is 7.52. The summed E-state index contributed by atoms with van der Waals surface area (Å²) in [5.41, 5.74) is -3.09. The maximum absolute atomic E-state index is 11.2. The van der Waals surface area contributed by atoms with E-state index in [1.807, 2.05) is 0 Å². The first-order chi connectivity index (χ1) is 6.86. The Morgan fingerprint density at radius 1 is 1.27 bits per heavy atom. The van der Waals surface area contributed by atoms with Crippen molar-refractivity contribution in [2.45, 2.75) is 5.53 Å². The predicted octanol–water partition coefficient (Wildman–Crippen LogP) is 0.137. The Kier molecular flexibility index (Phi) is 1.99. The lowest BCUT2D eigenvalue weighted by Gasteiger charge is -2.22. The van der Waals surface area contributed by atoms with Gasteiger partial charge in [0.25, 0.3) is 0 Å². The molecule has 0 aliphatic carbocycles. The Hall–Kier alpha value is -1.20. The van der Waals surface area contributed by atoms with E-state index >= 15 is 0 Å². The Labute approximate surface area is 84.3 Å². The summed E-state index contributed by atoms with van der Waals surface area (Å²) in [6, 6.07) is 5.51. The van der Waals surface area contributed by atoms with Gasteiger partial charge in [-0.15, -0.1) is 0 Å². The van der Waals surface area contributed by atoms with Crippen LogP contribution < -0.4 is 0 Å². The zero-order chi connectivity index (χ0) is 11.3. The summed E-state index contributed by atoms with van der Waals surface area (Å²) < 4.78 is 15.4. The number of cyclic esters (lactones) is 1. The Balaban J connectivity index is 2.68. The fraction of sp³-hybridized carbons (Fsp3) is 0.125. The zero-order valence-corrected chi connectivity index (χ0v) is 8.22. The molecule has 3 N–H and O–H groups in total. The van der Waals surface area contributed by atoms with E-state index in [1.165, 1.54) is 24.3 Å². The zero-order valence-electron chi connectivity index (χ0n) is 7.32. The number of carbonyl (C=O) groups excluding carboxylic acids is 1. The maximum atomic E-state index is 11.2. The van der Waals surface area contributed by atoms with Gasteiger partial charge in [0, 0.05) is 0 Å². The van der Waals surface area contributed by atoms with Crippen molar-refractivity contribution in [1.29, 1.82) is 0 Å². The first-order valence-electron chi connectivity index (χ1n) is 3.97. The molecular weight excluding hydrogens is 223 g/mol. The lowest BCUT2D eigenvalue weighted by atomic mass is 10.1. The van der Waals surface area contributed by atoms with Crippen molar-refractivity contribution < 1.29 is 29.0 Å². The van der Waals surface area contributed by atoms with Gasteiger partial charge in [0.2, 0.25) is 0 Å². The third kappa shape index (κ3) is 1.31. The van der Waals surface area contributed by atoms with E-state index < -0.39 is 19.1 Å². The minimum absolute atomic E-state index is 0.0386. The molecule has 0 fully saturated rings. The molecule has 7 heteroatoms. The van der Waals surface area contributed by atoms with Crippen LogP contribution in [0.2, 0.25) is 0 Å². The first kappa shape index (κ1) is 10.3. The molecule has 0 amide bonds. The van der Waals surface area contributed by atoms with Gasteiger partial charge in [-0.1, -0.05) is 18.2 Å². The standard InChI is InChI=1S/C8H7O6P/c9-7-5-3-1-2-4-6(5)8(10,14-7)15(11,12)13/h1-4,10H,(H2,11,12,13). The Morgan fingerprint density at radius 3 is 2.47 bits per heavy atom. The fourth-order valence-corrected chi connectivity index (χ4v) is 2.11. The number of hydrogen-bond donors (Lipinski definition) is 3. The third-order valence-electron chi connectivity index (χ3n) is 2.13. The number of benzene rings is 1. The highest BCUT2D eigenvalue weighted by atomic mass is 31.2. The SMILES string of the molecule is O=C1OC(O)(P(=O)(O)O)c2ccccc21. The van der Waals surface area contributed by atoms with E-state index in [-0.39, 0.29) is 11.1 Å². The molecular formula is C8H7O6P.